The van der Waals surface area contributed by atoms with Crippen LogP contribution in [-0.4, -0.2) is 13.2 Å². The van der Waals surface area contributed by atoms with E-state index >= 15 is 0 Å². The number of hydrogen-bond donors (Lipinski definition) is 1. The van der Waals surface area contributed by atoms with E-state index in [-0.39, 0.29) is 0 Å². The van der Waals surface area contributed by atoms with E-state index in [0.717, 1.165) is 28.0 Å². The van der Waals surface area contributed by atoms with Gasteiger partial charge in [0.25, 0.3) is 0 Å². The van der Waals surface area contributed by atoms with E-state index in [2.05, 4.69) is 71.2 Å². The molecule has 0 radical (unpaired) electrons. The van der Waals surface area contributed by atoms with Gasteiger partial charge in [-0.25, -0.2) is 0 Å². The maximum Gasteiger partial charge on any atom is 0.174 e. The summed E-state index contributed by atoms with van der Waals surface area (Å²) in [5.74, 6) is 1.66. The van der Waals surface area contributed by atoms with Crippen molar-refractivity contribution in [1.82, 2.24) is 0 Å². The molecule has 0 saturated carbocycles. The fourth-order valence-electron chi connectivity index (χ4n) is 2.47. The normalized spacial score (nSPS) is 10.4. The van der Waals surface area contributed by atoms with Crippen LogP contribution in [-0.2, 0) is 13.0 Å². The predicted molar refractivity (Wildman–Crippen MR) is 105 cm³/mol. The standard InChI is InChI=1S/C19H24INO2/c1-4-15-9-7-8-10-17(15)21-13-14-11-16(20)19(23-6-3)18(12-14)22-5-2/h7-12,21H,4-6,13H2,1-3H3. The van der Waals surface area contributed by atoms with Crippen LogP contribution < -0.4 is 14.8 Å². The van der Waals surface area contributed by atoms with Crippen molar-refractivity contribution in [3.63, 3.8) is 0 Å². The Morgan fingerprint density at radius 3 is 2.43 bits per heavy atom. The van der Waals surface area contributed by atoms with Crippen molar-refractivity contribution in [1.29, 1.82) is 0 Å². The second-order valence-corrected chi connectivity index (χ2v) is 6.30. The molecule has 2 aromatic rings. The second kappa shape index (κ2) is 9.01. The molecule has 3 nitrogen and oxygen atoms in total. The van der Waals surface area contributed by atoms with Crippen LogP contribution in [0.15, 0.2) is 36.4 Å². The Bertz CT molecular complexity index is 643. The van der Waals surface area contributed by atoms with Crippen molar-refractivity contribution in [2.45, 2.75) is 33.7 Å². The fraction of sp³-hybridized carbons (Fsp3) is 0.368. The molecule has 0 atom stereocenters. The molecule has 0 saturated heterocycles. The third-order valence-corrected chi connectivity index (χ3v) is 4.34. The van der Waals surface area contributed by atoms with E-state index in [0.29, 0.717) is 13.2 Å². The van der Waals surface area contributed by atoms with Crippen molar-refractivity contribution < 1.29 is 9.47 Å². The van der Waals surface area contributed by atoms with Gasteiger partial charge in [-0.3, -0.25) is 0 Å². The van der Waals surface area contributed by atoms with Crippen LogP contribution in [0, 0.1) is 3.57 Å². The largest absolute Gasteiger partial charge is 0.490 e. The van der Waals surface area contributed by atoms with Gasteiger partial charge in [-0.2, -0.15) is 0 Å². The van der Waals surface area contributed by atoms with E-state index in [1.165, 1.54) is 16.8 Å². The number of ether oxygens (including phenoxy) is 2. The molecule has 0 aliphatic heterocycles. The Balaban J connectivity index is 2.19. The summed E-state index contributed by atoms with van der Waals surface area (Å²) in [5.41, 5.74) is 3.71. The second-order valence-electron chi connectivity index (χ2n) is 5.14. The number of nitrogens with one attached hydrogen (secondary N) is 1. The van der Waals surface area contributed by atoms with Crippen molar-refractivity contribution in [2.24, 2.45) is 0 Å². The number of para-hydroxylation sites is 1. The van der Waals surface area contributed by atoms with Gasteiger partial charge < -0.3 is 14.8 Å². The Kier molecular flexibility index (Phi) is 7.02. The van der Waals surface area contributed by atoms with Gasteiger partial charge in [-0.1, -0.05) is 25.1 Å². The average Bonchev–Trinajstić information content (AvgIpc) is 2.56. The number of hydrogen-bond acceptors (Lipinski definition) is 3. The van der Waals surface area contributed by atoms with Gasteiger partial charge in [-0.15, -0.1) is 0 Å². The Hall–Kier alpha value is -1.43. The molecule has 2 aromatic carbocycles. The summed E-state index contributed by atoms with van der Waals surface area (Å²) in [7, 11) is 0. The lowest BCUT2D eigenvalue weighted by Crippen LogP contribution is -2.05. The molecule has 4 heteroatoms. The first-order chi connectivity index (χ1) is 11.2. The van der Waals surface area contributed by atoms with Crippen LogP contribution in [0.5, 0.6) is 11.5 Å². The highest BCUT2D eigenvalue weighted by Gasteiger charge is 2.12. The van der Waals surface area contributed by atoms with Crippen LogP contribution >= 0.6 is 22.6 Å². The van der Waals surface area contributed by atoms with Crippen molar-refractivity contribution >= 4 is 28.3 Å². The zero-order chi connectivity index (χ0) is 16.7. The molecule has 0 heterocycles. The Morgan fingerprint density at radius 1 is 1.00 bits per heavy atom. The first-order valence-corrected chi connectivity index (χ1v) is 9.17. The van der Waals surface area contributed by atoms with Gasteiger partial charge in [0.1, 0.15) is 0 Å². The minimum absolute atomic E-state index is 0.631. The summed E-state index contributed by atoms with van der Waals surface area (Å²) >= 11 is 2.31. The molecule has 0 amide bonds. The number of halogens is 1. The molecule has 0 fully saturated rings. The van der Waals surface area contributed by atoms with Crippen LogP contribution in [0.4, 0.5) is 5.69 Å². The zero-order valence-electron chi connectivity index (χ0n) is 14.0. The number of rotatable bonds is 8. The summed E-state index contributed by atoms with van der Waals surface area (Å²) in [4.78, 5) is 0. The predicted octanol–water partition coefficient (Wildman–Crippen LogP) is 5.26. The molecule has 1 N–H and O–H groups in total. The molecule has 23 heavy (non-hydrogen) atoms. The van der Waals surface area contributed by atoms with E-state index in [1.54, 1.807) is 0 Å². The summed E-state index contributed by atoms with van der Waals surface area (Å²) in [6, 6.07) is 12.7. The fourth-order valence-corrected chi connectivity index (χ4v) is 3.29. The quantitative estimate of drug-likeness (QED) is 0.585. The first-order valence-electron chi connectivity index (χ1n) is 8.09. The molecule has 124 valence electrons. The van der Waals surface area contributed by atoms with Gasteiger partial charge in [0.05, 0.1) is 16.8 Å². The highest BCUT2D eigenvalue weighted by molar-refractivity contribution is 14.1. The number of benzene rings is 2. The van der Waals surface area contributed by atoms with Crippen molar-refractivity contribution in [3.8, 4) is 11.5 Å². The minimum atomic E-state index is 0.631. The topological polar surface area (TPSA) is 30.5 Å². The monoisotopic (exact) mass is 425 g/mol. The van der Waals surface area contributed by atoms with Gasteiger partial charge in [0.2, 0.25) is 0 Å². The number of anilines is 1. The summed E-state index contributed by atoms with van der Waals surface area (Å²) in [5, 5.41) is 3.53. The average molecular weight is 425 g/mol. The van der Waals surface area contributed by atoms with Gasteiger partial charge in [0, 0.05) is 12.2 Å². The maximum absolute atomic E-state index is 5.75. The van der Waals surface area contributed by atoms with E-state index in [4.69, 9.17) is 9.47 Å². The lowest BCUT2D eigenvalue weighted by molar-refractivity contribution is 0.286. The van der Waals surface area contributed by atoms with E-state index < -0.39 is 0 Å². The van der Waals surface area contributed by atoms with Crippen LogP contribution in [0.1, 0.15) is 31.9 Å². The molecule has 0 bridgehead atoms. The zero-order valence-corrected chi connectivity index (χ0v) is 16.1. The lowest BCUT2D eigenvalue weighted by atomic mass is 10.1. The molecule has 0 spiro atoms. The highest BCUT2D eigenvalue weighted by Crippen LogP contribution is 2.34. The molecule has 0 unspecified atom stereocenters. The Morgan fingerprint density at radius 2 is 1.74 bits per heavy atom. The van der Waals surface area contributed by atoms with E-state index in [9.17, 15) is 0 Å². The molecular formula is C19H24INO2. The minimum Gasteiger partial charge on any atom is -0.490 e. The van der Waals surface area contributed by atoms with Crippen LogP contribution in [0.25, 0.3) is 0 Å². The molecule has 2 rings (SSSR count). The van der Waals surface area contributed by atoms with Gasteiger partial charge >= 0.3 is 0 Å². The molecule has 0 aliphatic carbocycles. The summed E-state index contributed by atoms with van der Waals surface area (Å²) < 4.78 is 12.6. The van der Waals surface area contributed by atoms with Gasteiger partial charge in [-0.05, 0) is 72.2 Å². The molecule has 0 aliphatic rings. The molecular weight excluding hydrogens is 401 g/mol. The summed E-state index contributed by atoms with van der Waals surface area (Å²) in [6.45, 7) is 8.18. The first kappa shape index (κ1) is 17.9. The number of aryl methyl sites for hydroxylation is 1. The Labute approximate surface area is 152 Å². The van der Waals surface area contributed by atoms with E-state index in [1.807, 2.05) is 13.8 Å². The molecule has 0 aromatic heterocycles. The maximum atomic E-state index is 5.75. The highest BCUT2D eigenvalue weighted by atomic mass is 127. The smallest absolute Gasteiger partial charge is 0.174 e. The van der Waals surface area contributed by atoms with Gasteiger partial charge in [0.15, 0.2) is 11.5 Å². The van der Waals surface area contributed by atoms with Crippen molar-refractivity contribution in [3.05, 3.63) is 51.1 Å². The van der Waals surface area contributed by atoms with Crippen LogP contribution in [0.2, 0.25) is 0 Å². The SMILES string of the molecule is CCOc1cc(CNc2ccccc2CC)cc(I)c1OCC. The third-order valence-electron chi connectivity index (χ3n) is 3.54. The van der Waals surface area contributed by atoms with Crippen molar-refractivity contribution in [2.75, 3.05) is 18.5 Å². The van der Waals surface area contributed by atoms with Crippen LogP contribution in [0.3, 0.4) is 0 Å². The summed E-state index contributed by atoms with van der Waals surface area (Å²) in [6.07, 6.45) is 1.02. The third kappa shape index (κ3) is 4.77. The lowest BCUT2D eigenvalue weighted by Gasteiger charge is -2.16.